The fourth-order valence-electron chi connectivity index (χ4n) is 2.77. The van der Waals surface area contributed by atoms with E-state index in [1.54, 1.807) is 24.3 Å². The zero-order chi connectivity index (χ0) is 20.7. The molecule has 29 heavy (non-hydrogen) atoms. The SMILES string of the molecule is CCNC(=NCc1cccc(C(N)=O)c1)NCC(C)(C)c1ccc(F)cc1Cl.I. The quantitative estimate of drug-likeness (QED) is 0.284. The van der Waals surface area contributed by atoms with Crippen molar-refractivity contribution in [1.29, 1.82) is 0 Å². The zero-order valence-corrected chi connectivity index (χ0v) is 19.8. The van der Waals surface area contributed by atoms with Gasteiger partial charge >= 0.3 is 0 Å². The lowest BCUT2D eigenvalue weighted by molar-refractivity contribution is 0.1000. The Morgan fingerprint density at radius 2 is 1.93 bits per heavy atom. The molecule has 2 rings (SSSR count). The van der Waals surface area contributed by atoms with Gasteiger partial charge in [0.25, 0.3) is 0 Å². The van der Waals surface area contributed by atoms with Crippen LogP contribution in [0.4, 0.5) is 4.39 Å². The van der Waals surface area contributed by atoms with Crippen molar-refractivity contribution in [3.05, 3.63) is 70.0 Å². The Morgan fingerprint density at radius 1 is 1.21 bits per heavy atom. The molecule has 0 unspecified atom stereocenters. The van der Waals surface area contributed by atoms with E-state index in [1.165, 1.54) is 12.1 Å². The highest BCUT2D eigenvalue weighted by Crippen LogP contribution is 2.29. The van der Waals surface area contributed by atoms with Gasteiger partial charge in [0.15, 0.2) is 5.96 Å². The minimum absolute atomic E-state index is 0. The summed E-state index contributed by atoms with van der Waals surface area (Å²) < 4.78 is 13.3. The molecule has 2 aromatic carbocycles. The molecule has 0 fully saturated rings. The van der Waals surface area contributed by atoms with Gasteiger partial charge in [-0.15, -0.1) is 24.0 Å². The van der Waals surface area contributed by atoms with E-state index in [9.17, 15) is 9.18 Å². The second kappa shape index (κ2) is 11.3. The minimum Gasteiger partial charge on any atom is -0.366 e. The molecule has 5 nitrogen and oxygen atoms in total. The molecule has 2 aromatic rings. The summed E-state index contributed by atoms with van der Waals surface area (Å²) in [4.78, 5) is 15.9. The molecular weight excluding hydrogens is 506 g/mol. The summed E-state index contributed by atoms with van der Waals surface area (Å²) in [6.07, 6.45) is 0. The lowest BCUT2D eigenvalue weighted by Crippen LogP contribution is -2.43. The predicted octanol–water partition coefficient (Wildman–Crippen LogP) is 4.23. The maximum Gasteiger partial charge on any atom is 0.248 e. The van der Waals surface area contributed by atoms with Gasteiger partial charge in [0, 0.05) is 29.1 Å². The summed E-state index contributed by atoms with van der Waals surface area (Å²) in [5.41, 5.74) is 7.18. The fourth-order valence-corrected chi connectivity index (χ4v) is 3.20. The van der Waals surface area contributed by atoms with Crippen molar-refractivity contribution in [2.75, 3.05) is 13.1 Å². The number of carbonyl (C=O) groups is 1. The Labute approximate surface area is 193 Å². The van der Waals surface area contributed by atoms with Crippen molar-refractivity contribution >= 4 is 47.4 Å². The van der Waals surface area contributed by atoms with Crippen LogP contribution in [0.3, 0.4) is 0 Å². The van der Waals surface area contributed by atoms with Gasteiger partial charge in [0.2, 0.25) is 5.91 Å². The number of amides is 1. The average molecular weight is 533 g/mol. The first kappa shape index (κ1) is 25.2. The van der Waals surface area contributed by atoms with E-state index in [0.29, 0.717) is 36.2 Å². The molecule has 1 amide bonds. The monoisotopic (exact) mass is 532 g/mol. The molecule has 0 spiro atoms. The second-order valence-electron chi connectivity index (χ2n) is 7.12. The Bertz CT molecular complexity index is 874. The first-order valence-corrected chi connectivity index (χ1v) is 9.47. The minimum atomic E-state index is -0.464. The molecule has 0 heterocycles. The largest absolute Gasteiger partial charge is 0.366 e. The van der Waals surface area contributed by atoms with E-state index >= 15 is 0 Å². The molecule has 0 radical (unpaired) electrons. The number of nitrogens with one attached hydrogen (secondary N) is 2. The lowest BCUT2D eigenvalue weighted by Gasteiger charge is -2.27. The molecule has 0 atom stereocenters. The number of nitrogens with two attached hydrogens (primary N) is 1. The molecule has 0 saturated carbocycles. The highest BCUT2D eigenvalue weighted by atomic mass is 127. The summed E-state index contributed by atoms with van der Waals surface area (Å²) in [5, 5.41) is 6.90. The van der Waals surface area contributed by atoms with Crippen LogP contribution in [0.5, 0.6) is 0 Å². The molecule has 0 aliphatic heterocycles. The maximum absolute atomic E-state index is 13.3. The third-order valence-electron chi connectivity index (χ3n) is 4.33. The van der Waals surface area contributed by atoms with Gasteiger partial charge in [-0.3, -0.25) is 4.79 Å². The first-order valence-electron chi connectivity index (χ1n) is 9.09. The summed E-state index contributed by atoms with van der Waals surface area (Å²) in [7, 11) is 0. The van der Waals surface area contributed by atoms with E-state index in [4.69, 9.17) is 17.3 Å². The van der Waals surface area contributed by atoms with Gasteiger partial charge in [-0.2, -0.15) is 0 Å². The summed E-state index contributed by atoms with van der Waals surface area (Å²) >= 11 is 6.22. The van der Waals surface area contributed by atoms with Crippen LogP contribution in [-0.4, -0.2) is 25.0 Å². The molecule has 8 heteroatoms. The van der Waals surface area contributed by atoms with Crippen LogP contribution in [0.15, 0.2) is 47.5 Å². The number of aliphatic imine (C=N–C) groups is 1. The third kappa shape index (κ3) is 7.47. The number of hydrogen-bond acceptors (Lipinski definition) is 2. The van der Waals surface area contributed by atoms with Crippen molar-refractivity contribution in [3.63, 3.8) is 0 Å². The van der Waals surface area contributed by atoms with Crippen molar-refractivity contribution < 1.29 is 9.18 Å². The Hall–Kier alpha value is -1.87. The van der Waals surface area contributed by atoms with Crippen LogP contribution >= 0.6 is 35.6 Å². The summed E-state index contributed by atoms with van der Waals surface area (Å²) in [6, 6.07) is 11.5. The van der Waals surface area contributed by atoms with Crippen molar-refractivity contribution in [1.82, 2.24) is 10.6 Å². The summed E-state index contributed by atoms with van der Waals surface area (Å²) in [6.45, 7) is 7.68. The molecule has 158 valence electrons. The number of nitrogens with zero attached hydrogens (tertiary/aromatic N) is 1. The van der Waals surface area contributed by atoms with Crippen LogP contribution in [0.1, 0.15) is 42.3 Å². The normalized spacial score (nSPS) is 11.6. The number of rotatable bonds is 7. The molecule has 0 aliphatic rings. The van der Waals surface area contributed by atoms with Gasteiger partial charge in [0.05, 0.1) is 6.54 Å². The Morgan fingerprint density at radius 3 is 2.55 bits per heavy atom. The van der Waals surface area contributed by atoms with Crippen molar-refractivity contribution in [3.8, 4) is 0 Å². The van der Waals surface area contributed by atoms with Gasteiger partial charge < -0.3 is 16.4 Å². The number of guanidine groups is 1. The van der Waals surface area contributed by atoms with Crippen LogP contribution in [0, 0.1) is 5.82 Å². The molecule has 0 aromatic heterocycles. The topological polar surface area (TPSA) is 79.5 Å². The number of halogens is 3. The number of benzene rings is 2. The number of primary amides is 1. The average Bonchev–Trinajstić information content (AvgIpc) is 2.64. The molecule has 0 saturated heterocycles. The maximum atomic E-state index is 13.3. The van der Waals surface area contributed by atoms with E-state index in [2.05, 4.69) is 15.6 Å². The van der Waals surface area contributed by atoms with Crippen LogP contribution < -0.4 is 16.4 Å². The zero-order valence-electron chi connectivity index (χ0n) is 16.8. The van der Waals surface area contributed by atoms with Gasteiger partial charge in [-0.25, -0.2) is 9.38 Å². The second-order valence-corrected chi connectivity index (χ2v) is 7.53. The standard InChI is InChI=1S/C21H26ClFN4O.HI/c1-4-25-20(26-12-14-6-5-7-15(10-14)19(24)28)27-13-21(2,3)17-9-8-16(23)11-18(17)22;/h5-11H,4,12-13H2,1-3H3,(H2,24,28)(H2,25,26,27);1H. The van der Waals surface area contributed by atoms with Gasteiger partial charge in [0.1, 0.15) is 5.82 Å². The van der Waals surface area contributed by atoms with Crippen molar-refractivity contribution in [2.24, 2.45) is 10.7 Å². The van der Waals surface area contributed by atoms with E-state index in [0.717, 1.165) is 11.1 Å². The number of hydrogen-bond donors (Lipinski definition) is 3. The highest BCUT2D eigenvalue weighted by Gasteiger charge is 2.24. The number of carbonyl (C=O) groups excluding carboxylic acids is 1. The van der Waals surface area contributed by atoms with Crippen molar-refractivity contribution in [2.45, 2.75) is 32.7 Å². The molecule has 0 bridgehead atoms. The fraction of sp³-hybridized carbons (Fsp3) is 0.333. The first-order chi connectivity index (χ1) is 13.2. The van der Waals surface area contributed by atoms with Crippen LogP contribution in [0.25, 0.3) is 0 Å². The van der Waals surface area contributed by atoms with E-state index in [-0.39, 0.29) is 35.2 Å². The van der Waals surface area contributed by atoms with Gasteiger partial charge in [-0.05, 0) is 42.3 Å². The lowest BCUT2D eigenvalue weighted by atomic mass is 9.84. The smallest absolute Gasteiger partial charge is 0.248 e. The molecular formula is C21H27ClFIN4O. The van der Waals surface area contributed by atoms with E-state index < -0.39 is 5.91 Å². The predicted molar refractivity (Wildman–Crippen MR) is 128 cm³/mol. The Kier molecular flexibility index (Phi) is 9.85. The van der Waals surface area contributed by atoms with Crippen LogP contribution in [-0.2, 0) is 12.0 Å². The molecule has 4 N–H and O–H groups in total. The Balaban J connectivity index is 0.00000420. The molecule has 0 aliphatic carbocycles. The third-order valence-corrected chi connectivity index (χ3v) is 4.65. The summed E-state index contributed by atoms with van der Waals surface area (Å²) in [5.74, 6) is -0.183. The van der Waals surface area contributed by atoms with E-state index in [1.807, 2.05) is 26.8 Å². The highest BCUT2D eigenvalue weighted by molar-refractivity contribution is 14.0. The van der Waals surface area contributed by atoms with Crippen LogP contribution in [0.2, 0.25) is 5.02 Å². The van der Waals surface area contributed by atoms with Gasteiger partial charge in [-0.1, -0.05) is 43.6 Å².